The summed E-state index contributed by atoms with van der Waals surface area (Å²) in [5.74, 6) is 1.98. The van der Waals surface area contributed by atoms with E-state index in [4.69, 9.17) is 21.0 Å². The molecule has 0 amide bonds. The van der Waals surface area contributed by atoms with Gasteiger partial charge in [0.05, 0.1) is 17.0 Å². The second kappa shape index (κ2) is 15.0. The fourth-order valence-corrected chi connectivity index (χ4v) is 5.51. The summed E-state index contributed by atoms with van der Waals surface area (Å²) >= 11 is 0. The van der Waals surface area contributed by atoms with Gasteiger partial charge in [0.2, 0.25) is 5.82 Å². The molecule has 234 valence electrons. The maximum absolute atomic E-state index is 9.06. The quantitative estimate of drug-likeness (QED) is 0.207. The van der Waals surface area contributed by atoms with E-state index in [0.29, 0.717) is 23.5 Å². The number of imidazole rings is 1. The van der Waals surface area contributed by atoms with Crippen LogP contribution >= 0.6 is 0 Å². The highest BCUT2D eigenvalue weighted by atomic mass is 15.2. The average Bonchev–Trinajstić information content (AvgIpc) is 3.48. The van der Waals surface area contributed by atoms with Gasteiger partial charge in [0, 0.05) is 50.8 Å². The summed E-state index contributed by atoms with van der Waals surface area (Å²) < 4.78 is 2.04. The Bertz CT molecular complexity index is 1880. The van der Waals surface area contributed by atoms with Crippen LogP contribution in [0.5, 0.6) is 0 Å². The molecule has 6 rings (SSSR count). The highest BCUT2D eigenvalue weighted by molar-refractivity contribution is 6.08. The number of nitrogens with one attached hydrogen (secondary N) is 1. The number of hydrogen-bond donors (Lipinski definition) is 2. The van der Waals surface area contributed by atoms with Crippen molar-refractivity contribution in [3.63, 3.8) is 0 Å². The third kappa shape index (κ3) is 7.08. The van der Waals surface area contributed by atoms with Gasteiger partial charge in [0.25, 0.3) is 0 Å². The van der Waals surface area contributed by atoms with Gasteiger partial charge in [0.1, 0.15) is 23.2 Å². The second-order valence-corrected chi connectivity index (χ2v) is 10.6. The van der Waals surface area contributed by atoms with Gasteiger partial charge in [-0.05, 0) is 73.9 Å². The fraction of sp³-hybridized carbons (Fsp3) is 0.286. The monoisotopic (exact) mass is 613 g/mol. The Morgan fingerprint density at radius 3 is 2.50 bits per heavy atom. The molecule has 5 aromatic rings. The van der Waals surface area contributed by atoms with Gasteiger partial charge in [-0.1, -0.05) is 32.1 Å². The molecule has 3 N–H and O–H groups in total. The van der Waals surface area contributed by atoms with Gasteiger partial charge in [0.15, 0.2) is 11.5 Å². The number of aromatic nitrogens is 6. The molecule has 11 nitrogen and oxygen atoms in total. The van der Waals surface area contributed by atoms with Crippen molar-refractivity contribution < 1.29 is 0 Å². The number of nitriles is 1. The third-order valence-corrected chi connectivity index (χ3v) is 7.71. The number of allylic oxidation sites excluding steroid dienone is 2. The van der Waals surface area contributed by atoms with Crippen LogP contribution in [0.1, 0.15) is 50.7 Å². The van der Waals surface area contributed by atoms with Crippen LogP contribution in [-0.4, -0.2) is 66.3 Å². The first-order chi connectivity index (χ1) is 22.6. The number of pyridine rings is 2. The molecule has 0 aliphatic carbocycles. The van der Waals surface area contributed by atoms with E-state index >= 15 is 0 Å². The number of anilines is 2. The zero-order valence-corrected chi connectivity index (χ0v) is 26.7. The first-order valence-electron chi connectivity index (χ1n) is 15.6. The van der Waals surface area contributed by atoms with E-state index in [1.807, 2.05) is 67.8 Å². The largest absolute Gasteiger partial charge is 0.383 e. The Kier molecular flexibility index (Phi) is 10.4. The molecule has 1 saturated heterocycles. The van der Waals surface area contributed by atoms with Gasteiger partial charge in [-0.15, -0.1) is 0 Å². The Labute approximate surface area is 269 Å². The zero-order chi connectivity index (χ0) is 32.5. The maximum Gasteiger partial charge on any atom is 0.234 e. The standard InChI is InChI=1S/C33H33N11.C2H6/c1-3-5-26(36-2)27-11-12-28-33(40-27)44(32(41-28)25-6-4-16-38-31(25)35)24-9-7-22(8-10-24)21-43-18-14-23(15-19-43)39-29-13-17-37-30(20-34)42-29;1-2/h3-13,16-17,23H,14-15,18-19,21H2,1-2H3,(H2,35,38)(H,37,39,42);1-2H3/b5-3-,36-26?;. The smallest absolute Gasteiger partial charge is 0.234 e. The van der Waals surface area contributed by atoms with E-state index in [2.05, 4.69) is 54.4 Å². The lowest BCUT2D eigenvalue weighted by Crippen LogP contribution is -2.38. The van der Waals surface area contributed by atoms with Crippen LogP contribution in [0.4, 0.5) is 11.6 Å². The van der Waals surface area contributed by atoms with Crippen molar-refractivity contribution in [2.75, 3.05) is 31.2 Å². The Morgan fingerprint density at radius 1 is 1.02 bits per heavy atom. The van der Waals surface area contributed by atoms with E-state index in [1.165, 1.54) is 5.56 Å². The van der Waals surface area contributed by atoms with Crippen LogP contribution in [-0.2, 0) is 6.54 Å². The van der Waals surface area contributed by atoms with Gasteiger partial charge in [-0.2, -0.15) is 5.26 Å². The number of likely N-dealkylation sites (tertiary alicyclic amines) is 1. The SMILES string of the molecule is C/C=C\C(=NC)c1ccc2nc(-c3cccnc3N)n(-c3ccc(CN4CCC(Nc5ccnc(C#N)n5)CC4)cc3)c2n1.CC. The van der Waals surface area contributed by atoms with Crippen LogP contribution in [0.3, 0.4) is 0 Å². The average molecular weight is 614 g/mol. The van der Waals surface area contributed by atoms with Gasteiger partial charge in [-0.3, -0.25) is 14.5 Å². The lowest BCUT2D eigenvalue weighted by molar-refractivity contribution is 0.211. The molecule has 0 spiro atoms. The molecule has 0 unspecified atom stereocenters. The van der Waals surface area contributed by atoms with Crippen molar-refractivity contribution >= 4 is 28.5 Å². The van der Waals surface area contributed by atoms with Crippen molar-refractivity contribution in [2.24, 2.45) is 4.99 Å². The maximum atomic E-state index is 9.06. The number of rotatable bonds is 8. The molecule has 11 heteroatoms. The highest BCUT2D eigenvalue weighted by Gasteiger charge is 2.21. The van der Waals surface area contributed by atoms with E-state index in [-0.39, 0.29) is 5.82 Å². The van der Waals surface area contributed by atoms with Gasteiger partial charge >= 0.3 is 0 Å². The van der Waals surface area contributed by atoms with Crippen LogP contribution in [0.15, 0.2) is 84.1 Å². The first kappa shape index (κ1) is 31.9. The predicted octanol–water partition coefficient (Wildman–Crippen LogP) is 5.82. The van der Waals surface area contributed by atoms with E-state index in [1.54, 1.807) is 25.5 Å². The van der Waals surface area contributed by atoms with Crippen LogP contribution in [0.2, 0.25) is 0 Å². The van der Waals surface area contributed by atoms with Crippen LogP contribution < -0.4 is 11.1 Å². The Hall–Kier alpha value is -5.47. The van der Waals surface area contributed by atoms with E-state index in [0.717, 1.165) is 66.3 Å². The van der Waals surface area contributed by atoms with E-state index < -0.39 is 0 Å². The molecule has 1 fully saturated rings. The summed E-state index contributed by atoms with van der Waals surface area (Å²) in [6.45, 7) is 8.75. The number of hydrogen-bond acceptors (Lipinski definition) is 10. The van der Waals surface area contributed by atoms with Crippen LogP contribution in [0.25, 0.3) is 28.2 Å². The number of nitrogens with zero attached hydrogens (tertiary/aromatic N) is 9. The van der Waals surface area contributed by atoms with Crippen molar-refractivity contribution in [3.05, 3.63) is 96.2 Å². The molecule has 46 heavy (non-hydrogen) atoms. The van der Waals surface area contributed by atoms with Crippen LogP contribution in [0, 0.1) is 11.3 Å². The molecule has 0 atom stereocenters. The lowest BCUT2D eigenvalue weighted by atomic mass is 10.0. The van der Waals surface area contributed by atoms with Crippen molar-refractivity contribution in [2.45, 2.75) is 46.2 Å². The molecule has 0 radical (unpaired) electrons. The summed E-state index contributed by atoms with van der Waals surface area (Å²) in [6.07, 6.45) is 9.18. The van der Waals surface area contributed by atoms with E-state index in [9.17, 15) is 0 Å². The van der Waals surface area contributed by atoms with Gasteiger partial charge < -0.3 is 11.1 Å². The summed E-state index contributed by atoms with van der Waals surface area (Å²) in [5.41, 5.74) is 12.3. The molecule has 1 aromatic carbocycles. The lowest BCUT2D eigenvalue weighted by Gasteiger charge is -2.32. The van der Waals surface area contributed by atoms with Crippen molar-refractivity contribution in [1.29, 1.82) is 5.26 Å². The third-order valence-electron chi connectivity index (χ3n) is 7.71. The second-order valence-electron chi connectivity index (χ2n) is 10.6. The molecule has 4 aromatic heterocycles. The minimum absolute atomic E-state index is 0.181. The Morgan fingerprint density at radius 2 is 1.80 bits per heavy atom. The highest BCUT2D eigenvalue weighted by Crippen LogP contribution is 2.31. The molecule has 0 saturated carbocycles. The molecule has 5 heterocycles. The summed E-state index contributed by atoms with van der Waals surface area (Å²) in [4.78, 5) is 29.3. The summed E-state index contributed by atoms with van der Waals surface area (Å²) in [6, 6.07) is 20.4. The number of fused-ring (bicyclic) bond motifs is 1. The van der Waals surface area contributed by atoms with Gasteiger partial charge in [-0.25, -0.2) is 24.9 Å². The number of piperidine rings is 1. The molecule has 0 bridgehead atoms. The number of benzene rings is 1. The minimum Gasteiger partial charge on any atom is -0.383 e. The molecular formula is C35H39N11. The fourth-order valence-electron chi connectivity index (χ4n) is 5.51. The zero-order valence-electron chi connectivity index (χ0n) is 26.7. The topological polar surface area (TPSA) is 147 Å². The normalized spacial score (nSPS) is 14.2. The molecular weight excluding hydrogens is 574 g/mol. The van der Waals surface area contributed by atoms with Crippen molar-refractivity contribution in [1.82, 2.24) is 34.4 Å². The molecule has 1 aliphatic heterocycles. The number of aliphatic imine (C=N–C) groups is 1. The summed E-state index contributed by atoms with van der Waals surface area (Å²) in [7, 11) is 1.77. The number of nitrogens with two attached hydrogens (primary N) is 1. The predicted molar refractivity (Wildman–Crippen MR) is 184 cm³/mol. The summed E-state index contributed by atoms with van der Waals surface area (Å²) in [5, 5.41) is 12.5. The van der Waals surface area contributed by atoms with Crippen molar-refractivity contribution in [3.8, 4) is 23.1 Å². The number of nitrogen functional groups attached to an aromatic ring is 1. The first-order valence-corrected chi connectivity index (χ1v) is 15.6. The Balaban J connectivity index is 0.00000204. The minimum atomic E-state index is 0.181. The molecule has 1 aliphatic rings.